The van der Waals surface area contributed by atoms with E-state index in [9.17, 15) is 0 Å². The lowest BCUT2D eigenvalue weighted by Gasteiger charge is -2.10. The third kappa shape index (κ3) is 3.33. The summed E-state index contributed by atoms with van der Waals surface area (Å²) >= 11 is 1.83. The summed E-state index contributed by atoms with van der Waals surface area (Å²) in [5, 5.41) is 7.13. The third-order valence-corrected chi connectivity index (χ3v) is 3.41. The van der Waals surface area contributed by atoms with Crippen LogP contribution < -0.4 is 5.32 Å². The first-order chi connectivity index (χ1) is 6.84. The number of anilines is 1. The van der Waals surface area contributed by atoms with E-state index < -0.39 is 0 Å². The zero-order valence-corrected chi connectivity index (χ0v) is 10.3. The average molecular weight is 211 g/mol. The van der Waals surface area contributed by atoms with Gasteiger partial charge in [-0.3, -0.25) is 0 Å². The van der Waals surface area contributed by atoms with Crippen molar-refractivity contribution < 1.29 is 0 Å². The zero-order chi connectivity index (χ0) is 10.4. The molecule has 0 amide bonds. The molecule has 0 aromatic carbocycles. The van der Waals surface area contributed by atoms with Crippen molar-refractivity contribution in [1.82, 2.24) is 0 Å². The molecule has 0 atom stereocenters. The van der Waals surface area contributed by atoms with Gasteiger partial charge < -0.3 is 5.32 Å². The van der Waals surface area contributed by atoms with Gasteiger partial charge in [0.25, 0.3) is 0 Å². The molecule has 0 bridgehead atoms. The fourth-order valence-corrected chi connectivity index (χ4v) is 2.65. The fourth-order valence-electron chi connectivity index (χ4n) is 1.78. The lowest BCUT2D eigenvalue weighted by atomic mass is 10.2. The number of hydrogen-bond acceptors (Lipinski definition) is 2. The molecule has 1 aromatic heterocycles. The standard InChI is InChI=1S/C10H15NS.C2H6/c1-8-6-10(12-7-8)11-9-4-2-3-5-9;1-2/h6-7,9,11H,2-5H2,1H3;1-2H3. The number of rotatable bonds is 2. The van der Waals surface area contributed by atoms with Crippen LogP contribution in [0.25, 0.3) is 0 Å². The molecule has 2 heteroatoms. The van der Waals surface area contributed by atoms with Crippen molar-refractivity contribution in [3.8, 4) is 0 Å². The summed E-state index contributed by atoms with van der Waals surface area (Å²) in [7, 11) is 0. The van der Waals surface area contributed by atoms with Gasteiger partial charge in [0.2, 0.25) is 0 Å². The van der Waals surface area contributed by atoms with Crippen LogP contribution in [0.5, 0.6) is 0 Å². The van der Waals surface area contributed by atoms with Crippen molar-refractivity contribution in [3.05, 3.63) is 17.0 Å². The summed E-state index contributed by atoms with van der Waals surface area (Å²) in [5.41, 5.74) is 1.38. The van der Waals surface area contributed by atoms with Gasteiger partial charge in [0.1, 0.15) is 0 Å². The van der Waals surface area contributed by atoms with Crippen LogP contribution in [0, 0.1) is 6.92 Å². The van der Waals surface area contributed by atoms with E-state index in [4.69, 9.17) is 0 Å². The Morgan fingerprint density at radius 1 is 1.29 bits per heavy atom. The molecule has 1 aliphatic carbocycles. The summed E-state index contributed by atoms with van der Waals surface area (Å²) < 4.78 is 0. The Kier molecular flexibility index (Phi) is 5.02. The SMILES string of the molecule is CC.Cc1csc(NC2CCCC2)c1. The average Bonchev–Trinajstić information content (AvgIpc) is 2.82. The van der Waals surface area contributed by atoms with Crippen LogP contribution in [0.2, 0.25) is 0 Å². The molecule has 1 aliphatic rings. The van der Waals surface area contributed by atoms with Crippen molar-refractivity contribution in [3.63, 3.8) is 0 Å². The Morgan fingerprint density at radius 2 is 1.93 bits per heavy atom. The maximum atomic E-state index is 3.58. The molecule has 1 heterocycles. The molecule has 0 saturated heterocycles. The van der Waals surface area contributed by atoms with E-state index in [-0.39, 0.29) is 0 Å². The lowest BCUT2D eigenvalue weighted by molar-refractivity contribution is 0.758. The Morgan fingerprint density at radius 3 is 2.43 bits per heavy atom. The molecule has 0 spiro atoms. The normalized spacial score (nSPS) is 16.2. The van der Waals surface area contributed by atoms with Crippen LogP contribution in [-0.4, -0.2) is 6.04 Å². The minimum atomic E-state index is 0.753. The van der Waals surface area contributed by atoms with E-state index >= 15 is 0 Å². The van der Waals surface area contributed by atoms with Crippen LogP contribution in [-0.2, 0) is 0 Å². The first-order valence-corrected chi connectivity index (χ1v) is 6.54. The molecule has 0 radical (unpaired) electrons. The first kappa shape index (κ1) is 11.6. The molecule has 1 aromatic rings. The Labute approximate surface area is 91.5 Å². The van der Waals surface area contributed by atoms with Crippen molar-refractivity contribution in [1.29, 1.82) is 0 Å². The lowest BCUT2D eigenvalue weighted by Crippen LogP contribution is -2.13. The van der Waals surface area contributed by atoms with Gasteiger partial charge in [0, 0.05) is 6.04 Å². The molecule has 0 unspecified atom stereocenters. The molecule has 1 fully saturated rings. The van der Waals surface area contributed by atoms with Crippen LogP contribution >= 0.6 is 11.3 Å². The van der Waals surface area contributed by atoms with E-state index in [0.717, 1.165) is 6.04 Å². The van der Waals surface area contributed by atoms with E-state index in [1.807, 2.05) is 25.2 Å². The second kappa shape index (κ2) is 6.07. The summed E-state index contributed by atoms with van der Waals surface area (Å²) in [6, 6.07) is 2.99. The van der Waals surface area contributed by atoms with Crippen molar-refractivity contribution in [2.24, 2.45) is 0 Å². The van der Waals surface area contributed by atoms with Crippen LogP contribution in [0.1, 0.15) is 45.1 Å². The Balaban J connectivity index is 0.000000461. The summed E-state index contributed by atoms with van der Waals surface area (Å²) in [4.78, 5) is 0. The number of nitrogens with one attached hydrogen (secondary N) is 1. The minimum Gasteiger partial charge on any atom is -0.374 e. The number of thiophene rings is 1. The highest BCUT2D eigenvalue weighted by Crippen LogP contribution is 2.26. The predicted molar refractivity (Wildman–Crippen MR) is 66.3 cm³/mol. The van der Waals surface area contributed by atoms with Gasteiger partial charge in [0.05, 0.1) is 5.00 Å². The van der Waals surface area contributed by atoms with Crippen LogP contribution in [0.4, 0.5) is 5.00 Å². The molecule has 2 rings (SSSR count). The minimum absolute atomic E-state index is 0.753. The Hall–Kier alpha value is -0.500. The van der Waals surface area contributed by atoms with Crippen molar-refractivity contribution in [2.45, 2.75) is 52.5 Å². The van der Waals surface area contributed by atoms with Crippen molar-refractivity contribution in [2.75, 3.05) is 5.32 Å². The highest BCUT2D eigenvalue weighted by Gasteiger charge is 2.14. The largest absolute Gasteiger partial charge is 0.374 e. The number of aryl methyl sites for hydroxylation is 1. The fraction of sp³-hybridized carbons (Fsp3) is 0.667. The summed E-state index contributed by atoms with van der Waals surface area (Å²) in [6.45, 7) is 6.15. The van der Waals surface area contributed by atoms with Gasteiger partial charge in [0.15, 0.2) is 0 Å². The maximum Gasteiger partial charge on any atom is 0.0887 e. The van der Waals surface area contributed by atoms with Gasteiger partial charge in [-0.25, -0.2) is 0 Å². The second-order valence-corrected chi connectivity index (χ2v) is 4.53. The second-order valence-electron chi connectivity index (χ2n) is 3.61. The Bertz CT molecular complexity index is 249. The monoisotopic (exact) mass is 211 g/mol. The highest BCUT2D eigenvalue weighted by molar-refractivity contribution is 7.14. The molecule has 1 nitrogen and oxygen atoms in total. The van der Waals surface area contributed by atoms with Gasteiger partial charge in [-0.1, -0.05) is 26.7 Å². The highest BCUT2D eigenvalue weighted by atomic mass is 32.1. The molecular formula is C12H21NS. The molecular weight excluding hydrogens is 190 g/mol. The number of hydrogen-bond donors (Lipinski definition) is 1. The first-order valence-electron chi connectivity index (χ1n) is 5.66. The smallest absolute Gasteiger partial charge is 0.0887 e. The van der Waals surface area contributed by atoms with Gasteiger partial charge >= 0.3 is 0 Å². The molecule has 14 heavy (non-hydrogen) atoms. The van der Waals surface area contributed by atoms with Gasteiger partial charge in [-0.05, 0) is 36.8 Å². The predicted octanol–water partition coefficient (Wildman–Crippen LogP) is 4.44. The third-order valence-electron chi connectivity index (χ3n) is 2.43. The topological polar surface area (TPSA) is 12.0 Å². The van der Waals surface area contributed by atoms with Gasteiger partial charge in [-0.15, -0.1) is 11.3 Å². The van der Waals surface area contributed by atoms with E-state index in [1.54, 1.807) is 0 Å². The van der Waals surface area contributed by atoms with E-state index in [0.29, 0.717) is 0 Å². The van der Waals surface area contributed by atoms with E-state index in [1.165, 1.54) is 36.2 Å². The molecule has 1 saturated carbocycles. The zero-order valence-electron chi connectivity index (χ0n) is 9.47. The van der Waals surface area contributed by atoms with E-state index in [2.05, 4.69) is 23.7 Å². The quantitative estimate of drug-likeness (QED) is 0.762. The summed E-state index contributed by atoms with van der Waals surface area (Å²) in [5.74, 6) is 0. The molecule has 0 aliphatic heterocycles. The maximum absolute atomic E-state index is 3.58. The van der Waals surface area contributed by atoms with Gasteiger partial charge in [-0.2, -0.15) is 0 Å². The molecule has 1 N–H and O–H groups in total. The summed E-state index contributed by atoms with van der Waals surface area (Å²) in [6.07, 6.45) is 5.53. The van der Waals surface area contributed by atoms with Crippen molar-refractivity contribution >= 4 is 16.3 Å². The molecule has 80 valence electrons. The van der Waals surface area contributed by atoms with Crippen LogP contribution in [0.3, 0.4) is 0 Å². The van der Waals surface area contributed by atoms with Crippen LogP contribution in [0.15, 0.2) is 11.4 Å².